The Bertz CT molecular complexity index is 1210. The topological polar surface area (TPSA) is 63.9 Å². The molecule has 184 valence electrons. The smallest absolute Gasteiger partial charge is 0.333 e. The molecule has 0 saturated carbocycles. The molecule has 0 unspecified atom stereocenters. The Morgan fingerprint density at radius 3 is 2.29 bits per heavy atom. The van der Waals surface area contributed by atoms with Crippen LogP contribution in [0.2, 0.25) is 0 Å². The lowest BCUT2D eigenvalue weighted by Gasteiger charge is -2.44. The monoisotopic (exact) mass is 499 g/mol. The van der Waals surface area contributed by atoms with E-state index in [9.17, 15) is 35.5 Å². The number of rotatable bonds is 5. The van der Waals surface area contributed by atoms with Crippen LogP contribution >= 0.6 is 0 Å². The van der Waals surface area contributed by atoms with Crippen LogP contribution in [0, 0.1) is 0 Å². The highest BCUT2D eigenvalue weighted by molar-refractivity contribution is 5.91. The molecule has 1 saturated heterocycles. The van der Waals surface area contributed by atoms with E-state index in [1.165, 1.54) is 11.1 Å². The summed E-state index contributed by atoms with van der Waals surface area (Å²) in [7, 11) is 0. The highest BCUT2D eigenvalue weighted by Gasteiger charge is 2.45. The molecule has 1 fully saturated rings. The van der Waals surface area contributed by atoms with Crippen molar-refractivity contribution in [2.75, 3.05) is 13.1 Å². The maximum absolute atomic E-state index is 14.8. The molecular formula is C22H16F7N5O. The van der Waals surface area contributed by atoms with E-state index in [1.807, 2.05) is 0 Å². The minimum atomic E-state index is -5.01. The van der Waals surface area contributed by atoms with Crippen LogP contribution in [0.5, 0.6) is 0 Å². The molecule has 6 nitrogen and oxygen atoms in total. The maximum Gasteiger partial charge on any atom is 0.416 e. The van der Waals surface area contributed by atoms with Gasteiger partial charge in [0.2, 0.25) is 5.91 Å². The van der Waals surface area contributed by atoms with Crippen molar-refractivity contribution < 1.29 is 35.5 Å². The minimum absolute atomic E-state index is 0.00530. The summed E-state index contributed by atoms with van der Waals surface area (Å²) in [4.78, 5) is 21.2. The zero-order valence-corrected chi connectivity index (χ0v) is 17.7. The van der Waals surface area contributed by atoms with Gasteiger partial charge in [0, 0.05) is 36.7 Å². The number of pyridine rings is 1. The summed E-state index contributed by atoms with van der Waals surface area (Å²) in [6, 6.07) is 4.42. The number of amides is 1. The average Bonchev–Trinajstić information content (AvgIpc) is 3.24. The van der Waals surface area contributed by atoms with Crippen molar-refractivity contribution in [1.82, 2.24) is 24.6 Å². The van der Waals surface area contributed by atoms with Gasteiger partial charge in [-0.1, -0.05) is 6.07 Å². The van der Waals surface area contributed by atoms with Crippen LogP contribution in [-0.4, -0.2) is 49.3 Å². The molecule has 1 amide bonds. The van der Waals surface area contributed by atoms with E-state index in [0.29, 0.717) is 17.7 Å². The predicted octanol–water partition coefficient (Wildman–Crippen LogP) is 4.64. The zero-order chi connectivity index (χ0) is 25.4. The number of halogens is 7. The first kappa shape index (κ1) is 24.4. The van der Waals surface area contributed by atoms with Gasteiger partial charge in [0.05, 0.1) is 24.2 Å². The molecule has 3 heterocycles. The summed E-state index contributed by atoms with van der Waals surface area (Å²) in [5.41, 5.74) is -4.39. The Labute approximate surface area is 193 Å². The van der Waals surface area contributed by atoms with Gasteiger partial charge in [-0.3, -0.25) is 9.78 Å². The lowest BCUT2D eigenvalue weighted by Crippen LogP contribution is -2.61. The lowest BCUT2D eigenvalue weighted by molar-refractivity contribution is -0.143. The third-order valence-electron chi connectivity index (χ3n) is 5.23. The first-order valence-electron chi connectivity index (χ1n) is 10.1. The molecule has 1 aliphatic heterocycles. The average molecular weight is 499 g/mol. The number of likely N-dealkylation sites (tertiary alicyclic amines) is 1. The number of carbonyl (C=O) groups is 1. The molecular weight excluding hydrogens is 483 g/mol. The Kier molecular flexibility index (Phi) is 6.11. The van der Waals surface area contributed by atoms with Crippen LogP contribution in [0.15, 0.2) is 55.1 Å². The third-order valence-corrected chi connectivity index (χ3v) is 5.23. The van der Waals surface area contributed by atoms with Crippen molar-refractivity contribution in [3.63, 3.8) is 0 Å². The number of nitrogens with zero attached hydrogens (tertiary/aromatic N) is 5. The molecule has 0 aliphatic carbocycles. The first-order valence-corrected chi connectivity index (χ1v) is 10.1. The van der Waals surface area contributed by atoms with E-state index in [-0.39, 0.29) is 25.6 Å². The highest BCUT2D eigenvalue weighted by atomic mass is 19.4. The van der Waals surface area contributed by atoms with Gasteiger partial charge in [-0.15, -0.1) is 5.10 Å². The number of aromatic nitrogens is 4. The highest BCUT2D eigenvalue weighted by Crippen LogP contribution is 2.38. The van der Waals surface area contributed by atoms with Crippen LogP contribution < -0.4 is 0 Å². The molecule has 0 spiro atoms. The fourth-order valence-corrected chi connectivity index (χ4v) is 3.58. The Morgan fingerprint density at radius 1 is 1.06 bits per heavy atom. The molecule has 35 heavy (non-hydrogen) atoms. The molecule has 0 bridgehead atoms. The van der Waals surface area contributed by atoms with Crippen LogP contribution in [-0.2, 0) is 23.6 Å². The molecule has 2 aromatic heterocycles. The SMILES string of the molecule is O=C(C=Cn1cnc(-c2cc(C(F)(F)F)cc(C(F)(F)F)c2)n1)N1CC(F)(Cc2cccnc2)C1. The maximum atomic E-state index is 14.8. The van der Waals surface area contributed by atoms with Crippen molar-refractivity contribution in [3.8, 4) is 11.4 Å². The van der Waals surface area contributed by atoms with Gasteiger partial charge in [0.25, 0.3) is 0 Å². The van der Waals surface area contributed by atoms with Crippen LogP contribution in [0.25, 0.3) is 17.6 Å². The van der Waals surface area contributed by atoms with Crippen molar-refractivity contribution in [1.29, 1.82) is 0 Å². The van der Waals surface area contributed by atoms with Gasteiger partial charge >= 0.3 is 12.4 Å². The lowest BCUT2D eigenvalue weighted by atomic mass is 9.89. The van der Waals surface area contributed by atoms with Gasteiger partial charge in [0.1, 0.15) is 12.0 Å². The largest absolute Gasteiger partial charge is 0.416 e. The summed E-state index contributed by atoms with van der Waals surface area (Å²) in [6.45, 7) is -0.281. The summed E-state index contributed by atoms with van der Waals surface area (Å²) < 4.78 is 94.1. The molecule has 13 heteroatoms. The summed E-state index contributed by atoms with van der Waals surface area (Å²) in [5.74, 6) is -0.943. The molecule has 0 radical (unpaired) electrons. The number of hydrogen-bond donors (Lipinski definition) is 0. The molecule has 1 aromatic carbocycles. The van der Waals surface area contributed by atoms with E-state index in [4.69, 9.17) is 0 Å². The van der Waals surface area contributed by atoms with Gasteiger partial charge in [-0.2, -0.15) is 26.3 Å². The Hall–Kier alpha value is -3.77. The number of carbonyl (C=O) groups excluding carboxylic acids is 1. The van der Waals surface area contributed by atoms with Crippen LogP contribution in [0.3, 0.4) is 0 Å². The summed E-state index contributed by atoms with van der Waals surface area (Å²) in [5, 5.41) is 3.82. The van der Waals surface area contributed by atoms with Crippen LogP contribution in [0.1, 0.15) is 16.7 Å². The number of alkyl halides is 7. The standard InChI is InChI=1S/C22H16F7N5O/c23-20(9-14-2-1-4-30-10-14)11-33(12-20)18(35)3-5-34-13-31-19(32-34)15-6-16(21(24,25)26)8-17(7-15)22(27,28)29/h1-8,10,13H,9,11-12H2. The second-order valence-corrected chi connectivity index (χ2v) is 8.04. The minimum Gasteiger partial charge on any atom is -0.333 e. The molecule has 1 aliphatic rings. The van der Waals surface area contributed by atoms with Gasteiger partial charge in [-0.05, 0) is 29.8 Å². The van der Waals surface area contributed by atoms with E-state index >= 15 is 0 Å². The van der Waals surface area contributed by atoms with E-state index < -0.39 is 46.4 Å². The quantitative estimate of drug-likeness (QED) is 0.379. The molecule has 4 rings (SSSR count). The first-order chi connectivity index (χ1) is 16.3. The van der Waals surface area contributed by atoms with E-state index in [1.54, 1.807) is 18.3 Å². The van der Waals surface area contributed by atoms with Crippen LogP contribution in [0.4, 0.5) is 30.7 Å². The second kappa shape index (κ2) is 8.78. The number of benzene rings is 1. The van der Waals surface area contributed by atoms with E-state index in [2.05, 4.69) is 15.1 Å². The second-order valence-electron chi connectivity index (χ2n) is 8.04. The fraction of sp³-hybridized carbons (Fsp3) is 0.273. The fourth-order valence-electron chi connectivity index (χ4n) is 3.58. The van der Waals surface area contributed by atoms with Crippen molar-refractivity contribution >= 4 is 12.1 Å². The van der Waals surface area contributed by atoms with Gasteiger partial charge < -0.3 is 4.90 Å². The Balaban J connectivity index is 1.44. The normalized spacial score (nSPS) is 15.9. The van der Waals surface area contributed by atoms with Crippen molar-refractivity contribution in [2.45, 2.75) is 24.4 Å². The van der Waals surface area contributed by atoms with Gasteiger partial charge in [-0.25, -0.2) is 14.1 Å². The molecule has 3 aromatic rings. The van der Waals surface area contributed by atoms with Crippen molar-refractivity contribution in [2.24, 2.45) is 0 Å². The third kappa shape index (κ3) is 5.66. The van der Waals surface area contributed by atoms with Gasteiger partial charge in [0.15, 0.2) is 5.82 Å². The summed E-state index contributed by atoms with van der Waals surface area (Å²) in [6.07, 6.45) is -3.63. The van der Waals surface area contributed by atoms with Crippen molar-refractivity contribution in [3.05, 3.63) is 71.8 Å². The summed E-state index contributed by atoms with van der Waals surface area (Å²) >= 11 is 0. The Morgan fingerprint density at radius 2 is 1.71 bits per heavy atom. The van der Waals surface area contributed by atoms with E-state index in [0.717, 1.165) is 23.3 Å². The predicted molar refractivity (Wildman–Crippen MR) is 109 cm³/mol. The zero-order valence-electron chi connectivity index (χ0n) is 17.7. The molecule has 0 atom stereocenters. The number of hydrogen-bond acceptors (Lipinski definition) is 4. The molecule has 0 N–H and O–H groups in total.